The van der Waals surface area contributed by atoms with E-state index in [2.05, 4.69) is 15.9 Å². The number of phenols is 1. The molecule has 0 aliphatic rings. The monoisotopic (exact) mass is 245 g/mol. The van der Waals surface area contributed by atoms with Crippen molar-refractivity contribution in [2.75, 3.05) is 13.2 Å². The normalized spacial score (nSPS) is 12.8. The number of halogens is 1. The van der Waals surface area contributed by atoms with Gasteiger partial charge in [-0.15, -0.1) is 0 Å². The van der Waals surface area contributed by atoms with E-state index in [4.69, 9.17) is 10.8 Å². The van der Waals surface area contributed by atoms with Gasteiger partial charge < -0.3 is 15.9 Å². The first-order valence-corrected chi connectivity index (χ1v) is 4.77. The second-order valence-corrected chi connectivity index (χ2v) is 3.73. The molecule has 4 heteroatoms. The molecule has 13 heavy (non-hydrogen) atoms. The van der Waals surface area contributed by atoms with E-state index in [1.807, 2.05) is 0 Å². The maximum atomic E-state index is 9.48. The highest BCUT2D eigenvalue weighted by atomic mass is 79.9. The Hall–Kier alpha value is -0.580. The van der Waals surface area contributed by atoms with Crippen molar-refractivity contribution in [1.82, 2.24) is 0 Å². The van der Waals surface area contributed by atoms with Gasteiger partial charge in [0, 0.05) is 22.5 Å². The molecule has 0 heterocycles. The second kappa shape index (κ2) is 4.60. The van der Waals surface area contributed by atoms with Crippen molar-refractivity contribution in [3.8, 4) is 5.75 Å². The van der Waals surface area contributed by atoms with Crippen LogP contribution in [0, 0.1) is 0 Å². The van der Waals surface area contributed by atoms with E-state index in [0.717, 1.165) is 4.47 Å². The first-order valence-electron chi connectivity index (χ1n) is 3.98. The summed E-state index contributed by atoms with van der Waals surface area (Å²) < 4.78 is 0.868. The molecule has 0 aliphatic heterocycles. The first-order chi connectivity index (χ1) is 6.19. The highest BCUT2D eigenvalue weighted by molar-refractivity contribution is 9.10. The third-order valence-electron chi connectivity index (χ3n) is 1.93. The smallest absolute Gasteiger partial charge is 0.119 e. The van der Waals surface area contributed by atoms with Crippen molar-refractivity contribution in [2.45, 2.75) is 5.92 Å². The van der Waals surface area contributed by atoms with Gasteiger partial charge in [0.05, 0.1) is 6.61 Å². The number of phenolic OH excluding ortho intramolecular Hbond substituents is 1. The van der Waals surface area contributed by atoms with Gasteiger partial charge in [-0.05, 0) is 18.2 Å². The maximum Gasteiger partial charge on any atom is 0.119 e. The summed E-state index contributed by atoms with van der Waals surface area (Å²) in [5.74, 6) is -0.0230. The highest BCUT2D eigenvalue weighted by Crippen LogP contribution is 2.27. The minimum atomic E-state index is -0.197. The molecule has 1 aromatic rings. The molecule has 0 saturated heterocycles. The highest BCUT2D eigenvalue weighted by Gasteiger charge is 2.12. The van der Waals surface area contributed by atoms with Crippen LogP contribution >= 0.6 is 15.9 Å². The van der Waals surface area contributed by atoms with E-state index in [9.17, 15) is 5.11 Å². The molecule has 1 unspecified atom stereocenters. The van der Waals surface area contributed by atoms with Crippen molar-refractivity contribution in [3.63, 3.8) is 0 Å². The fraction of sp³-hybridized carbons (Fsp3) is 0.333. The zero-order valence-electron chi connectivity index (χ0n) is 7.07. The molecule has 1 aromatic carbocycles. The molecular formula is C9H12BrNO2. The number of benzene rings is 1. The number of aliphatic hydroxyl groups excluding tert-OH is 1. The summed E-state index contributed by atoms with van der Waals surface area (Å²) in [6, 6.07) is 5.09. The number of rotatable bonds is 3. The van der Waals surface area contributed by atoms with Crippen molar-refractivity contribution >= 4 is 15.9 Å². The molecule has 0 amide bonds. The van der Waals surface area contributed by atoms with Crippen LogP contribution in [0.1, 0.15) is 11.5 Å². The van der Waals surface area contributed by atoms with E-state index in [1.54, 1.807) is 18.2 Å². The Morgan fingerprint density at radius 1 is 1.46 bits per heavy atom. The van der Waals surface area contributed by atoms with Gasteiger partial charge in [0.15, 0.2) is 0 Å². The fourth-order valence-electron chi connectivity index (χ4n) is 1.15. The largest absolute Gasteiger partial charge is 0.508 e. The lowest BCUT2D eigenvalue weighted by atomic mass is 9.99. The van der Waals surface area contributed by atoms with Gasteiger partial charge >= 0.3 is 0 Å². The summed E-state index contributed by atoms with van der Waals surface area (Å²) in [4.78, 5) is 0. The molecule has 3 nitrogen and oxygen atoms in total. The van der Waals surface area contributed by atoms with Gasteiger partial charge in [-0.25, -0.2) is 0 Å². The molecule has 4 N–H and O–H groups in total. The van der Waals surface area contributed by atoms with Crippen LogP contribution in [0.15, 0.2) is 22.7 Å². The van der Waals surface area contributed by atoms with Crippen molar-refractivity contribution < 1.29 is 10.2 Å². The number of hydrogen-bond acceptors (Lipinski definition) is 3. The van der Waals surface area contributed by atoms with Gasteiger partial charge in [-0.1, -0.05) is 15.9 Å². The Labute approximate surface area is 85.3 Å². The molecule has 0 aromatic heterocycles. The van der Waals surface area contributed by atoms with Gasteiger partial charge in [0.25, 0.3) is 0 Å². The molecule has 1 atom stereocenters. The Morgan fingerprint density at radius 2 is 2.15 bits per heavy atom. The average molecular weight is 246 g/mol. The van der Waals surface area contributed by atoms with Crippen LogP contribution in [-0.4, -0.2) is 23.4 Å². The van der Waals surface area contributed by atoms with Crippen LogP contribution in [0.3, 0.4) is 0 Å². The van der Waals surface area contributed by atoms with Crippen LogP contribution in [-0.2, 0) is 0 Å². The van der Waals surface area contributed by atoms with Gasteiger partial charge in [-0.3, -0.25) is 0 Å². The average Bonchev–Trinajstić information content (AvgIpc) is 2.13. The Balaban J connectivity index is 3.03. The lowest BCUT2D eigenvalue weighted by Crippen LogP contribution is -2.16. The Bertz CT molecular complexity index is 287. The molecule has 0 fully saturated rings. The van der Waals surface area contributed by atoms with E-state index >= 15 is 0 Å². The predicted octanol–water partition coefficient (Wildman–Crippen LogP) is 1.19. The summed E-state index contributed by atoms with van der Waals surface area (Å²) in [6.45, 7) is 0.265. The standard InChI is InChI=1S/C9H12BrNO2/c10-7-1-2-9(13)8(3-7)6(4-11)5-12/h1-3,6,12-13H,4-5,11H2. The van der Waals surface area contributed by atoms with Crippen LogP contribution in [0.25, 0.3) is 0 Å². The van der Waals surface area contributed by atoms with Gasteiger partial charge in [0.2, 0.25) is 0 Å². The number of nitrogens with two attached hydrogens (primary N) is 1. The predicted molar refractivity (Wildman–Crippen MR) is 54.7 cm³/mol. The number of aliphatic hydroxyl groups is 1. The summed E-state index contributed by atoms with van der Waals surface area (Å²) in [7, 11) is 0. The molecule has 0 radical (unpaired) electrons. The minimum absolute atomic E-state index is 0.0550. The lowest BCUT2D eigenvalue weighted by Gasteiger charge is -2.13. The van der Waals surface area contributed by atoms with Crippen LogP contribution < -0.4 is 5.73 Å². The SMILES string of the molecule is NCC(CO)c1cc(Br)ccc1O. The molecule has 0 bridgehead atoms. The van der Waals surface area contributed by atoms with E-state index in [-0.39, 0.29) is 18.3 Å². The molecule has 72 valence electrons. The van der Waals surface area contributed by atoms with Crippen molar-refractivity contribution in [1.29, 1.82) is 0 Å². The van der Waals surface area contributed by atoms with Crippen molar-refractivity contribution in [2.24, 2.45) is 5.73 Å². The summed E-state index contributed by atoms with van der Waals surface area (Å²) in [5, 5.41) is 18.5. The Kier molecular flexibility index (Phi) is 3.71. The van der Waals surface area contributed by atoms with Crippen LogP contribution in [0.5, 0.6) is 5.75 Å². The number of hydrogen-bond donors (Lipinski definition) is 3. The quantitative estimate of drug-likeness (QED) is 0.750. The second-order valence-electron chi connectivity index (χ2n) is 2.82. The van der Waals surface area contributed by atoms with Crippen molar-refractivity contribution in [3.05, 3.63) is 28.2 Å². The molecular weight excluding hydrogens is 234 g/mol. The third kappa shape index (κ3) is 2.43. The van der Waals surface area contributed by atoms with E-state index in [1.165, 1.54) is 0 Å². The third-order valence-corrected chi connectivity index (χ3v) is 2.43. The summed E-state index contributed by atoms with van der Waals surface area (Å²) >= 11 is 3.29. The topological polar surface area (TPSA) is 66.5 Å². The van der Waals surface area contributed by atoms with E-state index < -0.39 is 0 Å². The maximum absolute atomic E-state index is 9.48. The number of aromatic hydroxyl groups is 1. The zero-order chi connectivity index (χ0) is 9.84. The lowest BCUT2D eigenvalue weighted by molar-refractivity contribution is 0.265. The molecule has 0 aliphatic carbocycles. The van der Waals surface area contributed by atoms with Gasteiger partial charge in [-0.2, -0.15) is 0 Å². The molecule has 0 spiro atoms. The summed E-state index contributed by atoms with van der Waals surface area (Å²) in [5.41, 5.74) is 6.13. The van der Waals surface area contributed by atoms with E-state index in [0.29, 0.717) is 12.1 Å². The van der Waals surface area contributed by atoms with Crippen LogP contribution in [0.2, 0.25) is 0 Å². The van der Waals surface area contributed by atoms with Crippen LogP contribution in [0.4, 0.5) is 0 Å². The molecule has 0 saturated carbocycles. The van der Waals surface area contributed by atoms with Gasteiger partial charge in [0.1, 0.15) is 5.75 Å². The minimum Gasteiger partial charge on any atom is -0.508 e. The first kappa shape index (κ1) is 10.5. The fourth-order valence-corrected chi connectivity index (χ4v) is 1.53. The molecule has 1 rings (SSSR count). The Morgan fingerprint density at radius 3 is 2.69 bits per heavy atom. The zero-order valence-corrected chi connectivity index (χ0v) is 8.66. The summed E-state index contributed by atoms with van der Waals surface area (Å²) in [6.07, 6.45) is 0.